The Bertz CT molecular complexity index is 927. The van der Waals surface area contributed by atoms with Crippen molar-refractivity contribution in [3.63, 3.8) is 0 Å². The zero-order chi connectivity index (χ0) is 21.0. The Labute approximate surface area is 173 Å². The Morgan fingerprint density at radius 2 is 1.90 bits per heavy atom. The Kier molecular flexibility index (Phi) is 6.39. The largest absolute Gasteiger partial charge is 0.492 e. The first-order chi connectivity index (χ1) is 13.8. The highest BCUT2D eigenvalue weighted by molar-refractivity contribution is 6.30. The van der Waals surface area contributed by atoms with E-state index in [0.29, 0.717) is 28.4 Å². The third-order valence-corrected chi connectivity index (χ3v) is 4.66. The number of anilines is 1. The molecule has 2 aromatic rings. The van der Waals surface area contributed by atoms with Gasteiger partial charge in [-0.05, 0) is 54.4 Å². The number of nitrogens with zero attached hydrogens (tertiary/aromatic N) is 1. The van der Waals surface area contributed by atoms with Crippen LogP contribution in [0.3, 0.4) is 0 Å². The number of benzene rings is 2. The van der Waals surface area contributed by atoms with E-state index in [4.69, 9.17) is 21.1 Å². The minimum absolute atomic E-state index is 0.130. The van der Waals surface area contributed by atoms with Gasteiger partial charge in [0, 0.05) is 30.4 Å². The summed E-state index contributed by atoms with van der Waals surface area (Å²) in [6.45, 7) is -0.216. The topological polar surface area (TPSA) is 84.9 Å². The molecule has 1 atom stereocenters. The van der Waals surface area contributed by atoms with Gasteiger partial charge in [-0.2, -0.15) is 0 Å². The Hall–Kier alpha value is -3.06. The summed E-state index contributed by atoms with van der Waals surface area (Å²) in [6, 6.07) is 11.7. The molecule has 7 nitrogen and oxygen atoms in total. The van der Waals surface area contributed by atoms with Crippen molar-refractivity contribution in [3.8, 4) is 5.75 Å². The summed E-state index contributed by atoms with van der Waals surface area (Å²) in [5.41, 5.74) is 1.85. The molecule has 0 saturated carbocycles. The lowest BCUT2D eigenvalue weighted by atomic mass is 9.97. The zero-order valence-corrected chi connectivity index (χ0v) is 16.9. The molecule has 1 aliphatic heterocycles. The number of hydrogen-bond donors (Lipinski definition) is 1. The summed E-state index contributed by atoms with van der Waals surface area (Å²) >= 11 is 5.98. The molecule has 0 aliphatic carbocycles. The van der Waals surface area contributed by atoms with Crippen LogP contribution in [0, 0.1) is 5.92 Å². The van der Waals surface area contributed by atoms with Crippen molar-refractivity contribution in [3.05, 3.63) is 58.6 Å². The molecular formula is C21H21ClN2O5. The molecule has 1 N–H and O–H groups in total. The Morgan fingerprint density at radius 1 is 1.17 bits per heavy atom. The molecule has 3 rings (SSSR count). The number of amides is 2. The Morgan fingerprint density at radius 3 is 2.59 bits per heavy atom. The van der Waals surface area contributed by atoms with E-state index < -0.39 is 24.4 Å². The first-order valence-electron chi connectivity index (χ1n) is 9.03. The molecule has 0 fully saturated rings. The third-order valence-electron chi connectivity index (χ3n) is 4.43. The van der Waals surface area contributed by atoms with Gasteiger partial charge in [0.25, 0.3) is 11.8 Å². The Balaban J connectivity index is 1.49. The predicted molar refractivity (Wildman–Crippen MR) is 108 cm³/mol. The monoisotopic (exact) mass is 416 g/mol. The standard InChI is InChI=1S/C21H21ClN2O5/c1-24(2)20(26)13-3-6-17(7-4-13)23-19(25)12-29-21(27)15-9-14-10-16(22)5-8-18(14)28-11-15/h3-8,10,15H,9,11-12H2,1-2H3,(H,23,25)/t15-/m0/s1. The number of carbonyl (C=O) groups excluding carboxylic acids is 3. The lowest BCUT2D eigenvalue weighted by Gasteiger charge is -2.24. The summed E-state index contributed by atoms with van der Waals surface area (Å²) in [5.74, 6) is -0.894. The molecule has 2 amide bonds. The molecule has 0 spiro atoms. The summed E-state index contributed by atoms with van der Waals surface area (Å²) in [6.07, 6.45) is 0.442. The van der Waals surface area contributed by atoms with E-state index in [1.165, 1.54) is 4.90 Å². The number of esters is 1. The van der Waals surface area contributed by atoms with Crippen molar-refractivity contribution in [2.75, 3.05) is 32.6 Å². The molecular weight excluding hydrogens is 396 g/mol. The van der Waals surface area contributed by atoms with Crippen LogP contribution in [-0.2, 0) is 20.7 Å². The average Bonchev–Trinajstić information content (AvgIpc) is 2.71. The van der Waals surface area contributed by atoms with Gasteiger partial charge in [-0.25, -0.2) is 0 Å². The smallest absolute Gasteiger partial charge is 0.313 e. The molecule has 1 aliphatic rings. The minimum Gasteiger partial charge on any atom is -0.492 e. The molecule has 0 saturated heterocycles. The quantitative estimate of drug-likeness (QED) is 0.757. The maximum Gasteiger partial charge on any atom is 0.313 e. The number of hydrogen-bond acceptors (Lipinski definition) is 5. The number of fused-ring (bicyclic) bond motifs is 1. The van der Waals surface area contributed by atoms with Crippen molar-refractivity contribution in [1.29, 1.82) is 0 Å². The fraction of sp³-hybridized carbons (Fsp3) is 0.286. The first kappa shape index (κ1) is 20.7. The zero-order valence-electron chi connectivity index (χ0n) is 16.1. The van der Waals surface area contributed by atoms with Gasteiger partial charge in [0.2, 0.25) is 0 Å². The number of nitrogens with one attached hydrogen (secondary N) is 1. The van der Waals surface area contributed by atoms with Crippen molar-refractivity contribution >= 4 is 35.1 Å². The molecule has 0 aromatic heterocycles. The van der Waals surface area contributed by atoms with Crippen LogP contribution in [0.2, 0.25) is 5.02 Å². The molecule has 0 bridgehead atoms. The summed E-state index contributed by atoms with van der Waals surface area (Å²) in [4.78, 5) is 37.7. The van der Waals surface area contributed by atoms with E-state index in [2.05, 4.69) is 5.32 Å². The van der Waals surface area contributed by atoms with Gasteiger partial charge < -0.3 is 19.7 Å². The lowest BCUT2D eigenvalue weighted by molar-refractivity contribution is -0.152. The average molecular weight is 417 g/mol. The highest BCUT2D eigenvalue weighted by Gasteiger charge is 2.28. The summed E-state index contributed by atoms with van der Waals surface area (Å²) in [7, 11) is 3.33. The van der Waals surface area contributed by atoms with Gasteiger partial charge in [0.05, 0.1) is 5.92 Å². The van der Waals surface area contributed by atoms with Crippen LogP contribution in [0.25, 0.3) is 0 Å². The number of rotatable bonds is 5. The maximum absolute atomic E-state index is 12.3. The molecule has 152 valence electrons. The van der Waals surface area contributed by atoms with Crippen LogP contribution >= 0.6 is 11.6 Å². The van der Waals surface area contributed by atoms with E-state index in [1.54, 1.807) is 56.6 Å². The van der Waals surface area contributed by atoms with Gasteiger partial charge in [-0.3, -0.25) is 14.4 Å². The normalized spacial score (nSPS) is 14.9. The van der Waals surface area contributed by atoms with Crippen molar-refractivity contribution < 1.29 is 23.9 Å². The van der Waals surface area contributed by atoms with Gasteiger partial charge in [0.1, 0.15) is 12.4 Å². The summed E-state index contributed by atoms with van der Waals surface area (Å²) in [5, 5.41) is 3.20. The van der Waals surface area contributed by atoms with Crippen molar-refractivity contribution in [2.24, 2.45) is 5.92 Å². The van der Waals surface area contributed by atoms with Crippen molar-refractivity contribution in [1.82, 2.24) is 4.90 Å². The van der Waals surface area contributed by atoms with Crippen LogP contribution in [0.15, 0.2) is 42.5 Å². The molecule has 8 heteroatoms. The summed E-state index contributed by atoms with van der Waals surface area (Å²) < 4.78 is 10.7. The maximum atomic E-state index is 12.3. The second-order valence-corrected chi connectivity index (χ2v) is 7.33. The van der Waals surface area contributed by atoms with Crippen LogP contribution < -0.4 is 10.1 Å². The third kappa shape index (κ3) is 5.26. The van der Waals surface area contributed by atoms with E-state index in [-0.39, 0.29) is 12.5 Å². The lowest BCUT2D eigenvalue weighted by Crippen LogP contribution is -2.32. The highest BCUT2D eigenvalue weighted by Crippen LogP contribution is 2.30. The van der Waals surface area contributed by atoms with Gasteiger partial charge in [0.15, 0.2) is 6.61 Å². The van der Waals surface area contributed by atoms with Crippen LogP contribution in [0.5, 0.6) is 5.75 Å². The fourth-order valence-electron chi connectivity index (χ4n) is 2.92. The molecule has 1 heterocycles. The van der Waals surface area contributed by atoms with E-state index in [0.717, 1.165) is 5.56 Å². The predicted octanol–water partition coefficient (Wildman–Crippen LogP) is 2.77. The van der Waals surface area contributed by atoms with E-state index in [9.17, 15) is 14.4 Å². The second-order valence-electron chi connectivity index (χ2n) is 6.90. The molecule has 29 heavy (non-hydrogen) atoms. The van der Waals surface area contributed by atoms with Gasteiger partial charge >= 0.3 is 5.97 Å². The van der Waals surface area contributed by atoms with Gasteiger partial charge in [-0.15, -0.1) is 0 Å². The first-order valence-corrected chi connectivity index (χ1v) is 9.40. The second kappa shape index (κ2) is 8.96. The fourth-order valence-corrected chi connectivity index (χ4v) is 3.12. The van der Waals surface area contributed by atoms with Crippen LogP contribution in [0.4, 0.5) is 5.69 Å². The van der Waals surface area contributed by atoms with Crippen LogP contribution in [-0.4, -0.2) is 50.0 Å². The molecule has 2 aromatic carbocycles. The minimum atomic E-state index is -0.502. The molecule has 0 radical (unpaired) electrons. The van der Waals surface area contributed by atoms with Gasteiger partial charge in [-0.1, -0.05) is 11.6 Å². The van der Waals surface area contributed by atoms with Crippen molar-refractivity contribution in [2.45, 2.75) is 6.42 Å². The number of halogens is 1. The number of carbonyl (C=O) groups is 3. The molecule has 0 unspecified atom stereocenters. The SMILES string of the molecule is CN(C)C(=O)c1ccc(NC(=O)COC(=O)[C@@H]2COc3ccc(Cl)cc3C2)cc1. The van der Waals surface area contributed by atoms with Crippen LogP contribution in [0.1, 0.15) is 15.9 Å². The highest BCUT2D eigenvalue weighted by atomic mass is 35.5. The number of ether oxygens (including phenoxy) is 2. The van der Waals surface area contributed by atoms with E-state index in [1.807, 2.05) is 0 Å². The van der Waals surface area contributed by atoms with E-state index >= 15 is 0 Å².